The molecule has 0 unspecified atom stereocenters. The van der Waals surface area contributed by atoms with Gasteiger partial charge in [-0.15, -0.1) is 0 Å². The second-order valence-corrected chi connectivity index (χ2v) is 5.41. The van der Waals surface area contributed by atoms with Crippen LogP contribution in [0.1, 0.15) is 43.0 Å². The third kappa shape index (κ3) is 8.50. The maximum atomic E-state index is 11.8. The fraction of sp³-hybridized carbons (Fsp3) is 0.412. The topological polar surface area (TPSA) is 125 Å². The number of anilines is 1. The third-order valence-corrected chi connectivity index (χ3v) is 3.21. The minimum absolute atomic E-state index is 0.0635. The second kappa shape index (κ2) is 10.8. The van der Waals surface area contributed by atoms with Crippen molar-refractivity contribution in [2.45, 2.75) is 32.6 Å². The molecule has 0 aliphatic rings. The Morgan fingerprint density at radius 1 is 0.960 bits per heavy atom. The first kappa shape index (κ1) is 20.1. The predicted octanol–water partition coefficient (Wildman–Crippen LogP) is 1.14. The van der Waals surface area contributed by atoms with E-state index in [4.69, 9.17) is 5.11 Å². The fourth-order valence-corrected chi connectivity index (χ4v) is 1.95. The van der Waals surface area contributed by atoms with E-state index in [0.29, 0.717) is 30.6 Å². The molecule has 8 heteroatoms. The Balaban J connectivity index is 2.36. The van der Waals surface area contributed by atoms with Crippen LogP contribution in [0.5, 0.6) is 0 Å². The van der Waals surface area contributed by atoms with Crippen molar-refractivity contribution in [2.24, 2.45) is 0 Å². The molecule has 0 aliphatic carbocycles. The van der Waals surface area contributed by atoms with Crippen LogP contribution in [0.3, 0.4) is 0 Å². The van der Waals surface area contributed by atoms with Crippen molar-refractivity contribution >= 4 is 29.4 Å². The highest BCUT2D eigenvalue weighted by Gasteiger charge is 2.08. The zero-order chi connectivity index (χ0) is 18.7. The number of carboxylic acid groups (broad SMARTS) is 1. The zero-order valence-electron chi connectivity index (χ0n) is 14.1. The Bertz CT molecular complexity index is 613. The van der Waals surface area contributed by atoms with Gasteiger partial charge in [-0.05, 0) is 37.1 Å². The molecule has 0 heterocycles. The molecule has 25 heavy (non-hydrogen) atoms. The molecule has 4 N–H and O–H groups in total. The number of amides is 3. The van der Waals surface area contributed by atoms with Gasteiger partial charge in [-0.1, -0.05) is 6.92 Å². The lowest BCUT2D eigenvalue weighted by Crippen LogP contribution is -2.29. The summed E-state index contributed by atoms with van der Waals surface area (Å²) in [4.78, 5) is 45.3. The van der Waals surface area contributed by atoms with Gasteiger partial charge in [0, 0.05) is 30.6 Å². The monoisotopic (exact) mass is 349 g/mol. The van der Waals surface area contributed by atoms with Crippen LogP contribution in [0.4, 0.5) is 5.69 Å². The number of carbonyl (C=O) groups is 4. The van der Waals surface area contributed by atoms with Crippen molar-refractivity contribution < 1.29 is 24.3 Å². The van der Waals surface area contributed by atoms with Gasteiger partial charge in [0.2, 0.25) is 11.8 Å². The molecule has 1 rings (SSSR count). The SMILES string of the molecule is CCCNC(=O)CCCC(=O)Nc1ccc(C(=O)NCC(=O)O)cc1. The third-order valence-electron chi connectivity index (χ3n) is 3.21. The molecule has 1 aromatic rings. The van der Waals surface area contributed by atoms with Crippen LogP contribution in [0.2, 0.25) is 0 Å². The summed E-state index contributed by atoms with van der Waals surface area (Å²) >= 11 is 0. The highest BCUT2D eigenvalue weighted by atomic mass is 16.4. The molecule has 0 saturated carbocycles. The van der Waals surface area contributed by atoms with Gasteiger partial charge < -0.3 is 21.1 Å². The summed E-state index contributed by atoms with van der Waals surface area (Å²) in [6.07, 6.45) is 1.85. The highest BCUT2D eigenvalue weighted by Crippen LogP contribution is 2.10. The number of rotatable bonds is 10. The molecule has 0 fully saturated rings. The minimum Gasteiger partial charge on any atom is -0.480 e. The molecule has 0 aromatic heterocycles. The fourth-order valence-electron chi connectivity index (χ4n) is 1.95. The highest BCUT2D eigenvalue weighted by molar-refractivity contribution is 5.97. The molecule has 0 aliphatic heterocycles. The van der Waals surface area contributed by atoms with Gasteiger partial charge in [0.25, 0.3) is 5.91 Å². The first-order chi connectivity index (χ1) is 11.9. The van der Waals surface area contributed by atoms with Gasteiger partial charge in [0.15, 0.2) is 0 Å². The Labute approximate surface area is 146 Å². The van der Waals surface area contributed by atoms with Crippen molar-refractivity contribution in [3.05, 3.63) is 29.8 Å². The van der Waals surface area contributed by atoms with Gasteiger partial charge >= 0.3 is 5.97 Å². The minimum atomic E-state index is -1.12. The summed E-state index contributed by atoms with van der Waals surface area (Å²) in [5.41, 5.74) is 0.821. The molecular formula is C17H23N3O5. The van der Waals surface area contributed by atoms with E-state index in [2.05, 4.69) is 16.0 Å². The quantitative estimate of drug-likeness (QED) is 0.504. The molecule has 0 atom stereocenters. The summed E-state index contributed by atoms with van der Waals surface area (Å²) in [5.74, 6) is -1.91. The first-order valence-electron chi connectivity index (χ1n) is 8.09. The van der Waals surface area contributed by atoms with Crippen molar-refractivity contribution in [3.8, 4) is 0 Å². The molecule has 0 radical (unpaired) electrons. The van der Waals surface area contributed by atoms with Crippen molar-refractivity contribution in [2.75, 3.05) is 18.4 Å². The lowest BCUT2D eigenvalue weighted by Gasteiger charge is -2.07. The smallest absolute Gasteiger partial charge is 0.322 e. The summed E-state index contributed by atoms with van der Waals surface area (Å²) < 4.78 is 0. The van der Waals surface area contributed by atoms with Crippen LogP contribution < -0.4 is 16.0 Å². The first-order valence-corrected chi connectivity index (χ1v) is 8.09. The van der Waals surface area contributed by atoms with E-state index in [0.717, 1.165) is 6.42 Å². The molecule has 0 saturated heterocycles. The van der Waals surface area contributed by atoms with Crippen LogP contribution in [0.25, 0.3) is 0 Å². The van der Waals surface area contributed by atoms with Crippen LogP contribution >= 0.6 is 0 Å². The van der Waals surface area contributed by atoms with E-state index >= 15 is 0 Å². The number of nitrogens with one attached hydrogen (secondary N) is 3. The van der Waals surface area contributed by atoms with Gasteiger partial charge in [-0.2, -0.15) is 0 Å². The van der Waals surface area contributed by atoms with Crippen molar-refractivity contribution in [1.82, 2.24) is 10.6 Å². The normalized spacial score (nSPS) is 9.96. The molecule has 0 bridgehead atoms. The molecule has 0 spiro atoms. The number of aliphatic carboxylic acids is 1. The maximum Gasteiger partial charge on any atom is 0.322 e. The van der Waals surface area contributed by atoms with Crippen molar-refractivity contribution in [1.29, 1.82) is 0 Å². The van der Waals surface area contributed by atoms with E-state index in [1.807, 2.05) is 6.92 Å². The largest absolute Gasteiger partial charge is 0.480 e. The van der Waals surface area contributed by atoms with E-state index in [1.54, 1.807) is 12.1 Å². The van der Waals surface area contributed by atoms with Gasteiger partial charge in [0.05, 0.1) is 0 Å². The number of carboxylic acids is 1. The number of hydrogen-bond acceptors (Lipinski definition) is 4. The van der Waals surface area contributed by atoms with E-state index in [1.165, 1.54) is 12.1 Å². The summed E-state index contributed by atoms with van der Waals surface area (Å²) in [5, 5.41) is 16.2. The Morgan fingerprint density at radius 2 is 1.60 bits per heavy atom. The number of hydrogen-bond donors (Lipinski definition) is 4. The van der Waals surface area contributed by atoms with Gasteiger partial charge in [-0.25, -0.2) is 0 Å². The Hall–Kier alpha value is -2.90. The van der Waals surface area contributed by atoms with Crippen LogP contribution in [-0.2, 0) is 14.4 Å². The van der Waals surface area contributed by atoms with Gasteiger partial charge in [0.1, 0.15) is 6.54 Å². The van der Waals surface area contributed by atoms with E-state index < -0.39 is 18.4 Å². The van der Waals surface area contributed by atoms with E-state index in [-0.39, 0.29) is 18.2 Å². The Kier molecular flexibility index (Phi) is 8.70. The van der Waals surface area contributed by atoms with Crippen LogP contribution in [0.15, 0.2) is 24.3 Å². The lowest BCUT2D eigenvalue weighted by molar-refractivity contribution is -0.135. The summed E-state index contributed by atoms with van der Waals surface area (Å²) in [6.45, 7) is 2.15. The van der Waals surface area contributed by atoms with Gasteiger partial charge in [-0.3, -0.25) is 19.2 Å². The van der Waals surface area contributed by atoms with Crippen LogP contribution in [-0.4, -0.2) is 41.9 Å². The molecule has 8 nitrogen and oxygen atoms in total. The molecular weight excluding hydrogens is 326 g/mol. The molecule has 1 aromatic carbocycles. The summed E-state index contributed by atoms with van der Waals surface area (Å²) in [7, 11) is 0. The average Bonchev–Trinajstić information content (AvgIpc) is 2.58. The second-order valence-electron chi connectivity index (χ2n) is 5.41. The standard InChI is InChI=1S/C17H23N3O5/c1-2-10-18-14(21)4-3-5-15(22)20-13-8-6-12(7-9-13)17(25)19-11-16(23)24/h6-9H,2-5,10-11H2,1H3,(H,18,21)(H,19,25)(H,20,22)(H,23,24). The average molecular weight is 349 g/mol. The lowest BCUT2D eigenvalue weighted by atomic mass is 10.2. The van der Waals surface area contributed by atoms with E-state index in [9.17, 15) is 19.2 Å². The predicted molar refractivity (Wildman–Crippen MR) is 92.2 cm³/mol. The molecule has 136 valence electrons. The summed E-state index contributed by atoms with van der Waals surface area (Å²) in [6, 6.07) is 6.10. The number of benzene rings is 1. The maximum absolute atomic E-state index is 11.8. The van der Waals surface area contributed by atoms with Crippen molar-refractivity contribution in [3.63, 3.8) is 0 Å². The molecule has 3 amide bonds. The Morgan fingerprint density at radius 3 is 2.20 bits per heavy atom. The van der Waals surface area contributed by atoms with Crippen LogP contribution in [0, 0.1) is 0 Å². The number of carbonyl (C=O) groups excluding carboxylic acids is 3. The zero-order valence-corrected chi connectivity index (χ0v) is 14.1.